The van der Waals surface area contributed by atoms with Crippen LogP contribution in [0.3, 0.4) is 0 Å². The fourth-order valence-corrected chi connectivity index (χ4v) is 6.93. The number of hydrogen-bond acceptors (Lipinski definition) is 2. The molecule has 5 rings (SSSR count). The fraction of sp³-hybridized carbons (Fsp3) is 0.188. The van der Waals surface area contributed by atoms with Crippen molar-refractivity contribution in [2.45, 2.75) is 39.0 Å². The topological polar surface area (TPSA) is 0 Å². The van der Waals surface area contributed by atoms with Gasteiger partial charge in [0.15, 0.2) is 0 Å². The van der Waals surface area contributed by atoms with Crippen molar-refractivity contribution in [2.24, 2.45) is 0 Å². The largest absolute Gasteiger partial charge is 0.253 e. The van der Waals surface area contributed by atoms with Gasteiger partial charge < -0.3 is 0 Å². The Labute approximate surface area is 218 Å². The maximum Gasteiger partial charge on any atom is 0.253 e. The normalized spacial score (nSPS) is 11.0. The van der Waals surface area contributed by atoms with Crippen LogP contribution in [0.15, 0.2) is 109 Å². The van der Waals surface area contributed by atoms with Crippen molar-refractivity contribution in [3.8, 4) is 20.2 Å². The Morgan fingerprint density at radius 3 is 1.91 bits per heavy atom. The van der Waals surface area contributed by atoms with Gasteiger partial charge in [-0.3, -0.25) is 0 Å². The zero-order valence-corrected chi connectivity index (χ0v) is 22.0. The van der Waals surface area contributed by atoms with E-state index in [2.05, 4.69) is 116 Å². The zero-order valence-electron chi connectivity index (χ0n) is 20.3. The number of thiophene rings is 2. The van der Waals surface area contributed by atoms with Gasteiger partial charge in [-0.2, -0.15) is 0 Å². The minimum Gasteiger partial charge on any atom is -0.148 e. The van der Waals surface area contributed by atoms with E-state index in [0.717, 1.165) is 0 Å². The standard InChI is InChI=1S/C32H31BS2/c1-2-3-4-7-12-25-17-19-28(20-18-25)33(27-15-10-6-11-16-27)32-24-23-31(35-32)30-22-21-29(34-30)26-13-8-5-9-14-26/h5-6,8-11,13-24H,2-4,7,12H2,1H3. The molecule has 0 aliphatic rings. The van der Waals surface area contributed by atoms with Gasteiger partial charge in [0, 0.05) is 14.6 Å². The van der Waals surface area contributed by atoms with Gasteiger partial charge in [0.25, 0.3) is 6.71 Å². The summed E-state index contributed by atoms with van der Waals surface area (Å²) in [5.74, 6) is 0. The zero-order chi connectivity index (χ0) is 23.9. The third-order valence-corrected chi connectivity index (χ3v) is 9.06. The van der Waals surface area contributed by atoms with Crippen LogP contribution >= 0.6 is 22.7 Å². The van der Waals surface area contributed by atoms with E-state index in [9.17, 15) is 0 Å². The van der Waals surface area contributed by atoms with Crippen molar-refractivity contribution in [2.75, 3.05) is 0 Å². The summed E-state index contributed by atoms with van der Waals surface area (Å²) in [5.41, 5.74) is 5.47. The SMILES string of the molecule is CCCCCCc1ccc(B(c2ccccc2)c2ccc(-c3ccc(-c4ccccc4)s3)s2)cc1. The highest BCUT2D eigenvalue weighted by atomic mass is 32.1. The summed E-state index contributed by atoms with van der Waals surface area (Å²) in [4.78, 5) is 4.01. The first-order valence-corrected chi connectivity index (χ1v) is 14.3. The first-order valence-electron chi connectivity index (χ1n) is 12.7. The third kappa shape index (κ3) is 5.86. The molecule has 0 unspecified atom stereocenters. The first kappa shape index (κ1) is 23.8. The smallest absolute Gasteiger partial charge is 0.148 e. The molecule has 2 aromatic heterocycles. The van der Waals surface area contributed by atoms with E-state index < -0.39 is 0 Å². The van der Waals surface area contributed by atoms with Crippen LogP contribution in [-0.2, 0) is 6.42 Å². The molecule has 0 aliphatic heterocycles. The third-order valence-electron chi connectivity index (χ3n) is 6.58. The highest BCUT2D eigenvalue weighted by molar-refractivity contribution is 7.31. The first-order chi connectivity index (χ1) is 17.3. The molecule has 5 aromatic rings. The van der Waals surface area contributed by atoms with Gasteiger partial charge in [0.1, 0.15) is 0 Å². The van der Waals surface area contributed by atoms with Crippen molar-refractivity contribution in [1.29, 1.82) is 0 Å². The lowest BCUT2D eigenvalue weighted by molar-refractivity contribution is 0.667. The van der Waals surface area contributed by atoms with Gasteiger partial charge in [-0.25, -0.2) is 0 Å². The molecule has 0 saturated heterocycles. The van der Waals surface area contributed by atoms with Crippen molar-refractivity contribution < 1.29 is 0 Å². The summed E-state index contributed by atoms with van der Waals surface area (Å²) in [6.45, 7) is 2.53. The molecule has 0 amide bonds. The van der Waals surface area contributed by atoms with Gasteiger partial charge in [0.2, 0.25) is 0 Å². The van der Waals surface area contributed by atoms with Gasteiger partial charge in [-0.15, -0.1) is 22.7 Å². The molecule has 0 N–H and O–H groups in total. The van der Waals surface area contributed by atoms with Crippen LogP contribution < -0.4 is 15.7 Å². The monoisotopic (exact) mass is 490 g/mol. The minimum atomic E-state index is 0.262. The highest BCUT2D eigenvalue weighted by Gasteiger charge is 2.24. The molecule has 0 bridgehead atoms. The Morgan fingerprint density at radius 2 is 1.17 bits per heavy atom. The maximum atomic E-state index is 2.35. The molecule has 0 radical (unpaired) electrons. The van der Waals surface area contributed by atoms with Crippen LogP contribution in [0.5, 0.6) is 0 Å². The second-order valence-electron chi connectivity index (χ2n) is 9.13. The van der Waals surface area contributed by atoms with Gasteiger partial charge >= 0.3 is 0 Å². The quantitative estimate of drug-likeness (QED) is 0.139. The Hall–Kier alpha value is -2.88. The number of rotatable bonds is 10. The van der Waals surface area contributed by atoms with E-state index >= 15 is 0 Å². The second-order valence-corrected chi connectivity index (χ2v) is 11.3. The molecular formula is C32H31BS2. The molecule has 174 valence electrons. The summed E-state index contributed by atoms with van der Waals surface area (Å²) >= 11 is 3.81. The van der Waals surface area contributed by atoms with Crippen molar-refractivity contribution in [3.63, 3.8) is 0 Å². The fourth-order valence-electron chi connectivity index (χ4n) is 4.67. The molecule has 0 saturated carbocycles. The van der Waals surface area contributed by atoms with E-state index in [0.29, 0.717) is 0 Å². The highest BCUT2D eigenvalue weighted by Crippen LogP contribution is 2.36. The van der Waals surface area contributed by atoms with Crippen molar-refractivity contribution in [1.82, 2.24) is 0 Å². The lowest BCUT2D eigenvalue weighted by Crippen LogP contribution is -2.50. The molecular weight excluding hydrogens is 459 g/mol. The number of aryl methyl sites for hydroxylation is 1. The number of benzene rings is 3. The number of unbranched alkanes of at least 4 members (excludes halogenated alkanes) is 3. The van der Waals surface area contributed by atoms with Gasteiger partial charge in [-0.1, -0.05) is 128 Å². The van der Waals surface area contributed by atoms with E-state index in [4.69, 9.17) is 0 Å². The van der Waals surface area contributed by atoms with E-state index in [1.54, 1.807) is 0 Å². The molecule has 35 heavy (non-hydrogen) atoms. The second kappa shape index (κ2) is 11.7. The average molecular weight is 491 g/mol. The minimum absolute atomic E-state index is 0.262. The van der Waals surface area contributed by atoms with Crippen LogP contribution in [0.2, 0.25) is 0 Å². The van der Waals surface area contributed by atoms with Crippen molar-refractivity contribution >= 4 is 45.1 Å². The molecule has 3 heteroatoms. The summed E-state index contributed by atoms with van der Waals surface area (Å²) in [6.07, 6.45) is 6.43. The number of hydrogen-bond donors (Lipinski definition) is 0. The Kier molecular flexibility index (Phi) is 7.98. The van der Waals surface area contributed by atoms with Crippen LogP contribution in [-0.4, -0.2) is 6.71 Å². The lowest BCUT2D eigenvalue weighted by atomic mass is 9.40. The average Bonchev–Trinajstić information content (AvgIpc) is 3.59. The van der Waals surface area contributed by atoms with E-state index in [1.165, 1.54) is 73.6 Å². The van der Waals surface area contributed by atoms with Gasteiger partial charge in [0.05, 0.1) is 0 Å². The van der Waals surface area contributed by atoms with Crippen LogP contribution in [0.1, 0.15) is 38.2 Å². The molecule has 0 aliphatic carbocycles. The molecule has 3 aromatic carbocycles. The summed E-state index contributed by atoms with van der Waals surface area (Å²) in [7, 11) is 0. The summed E-state index contributed by atoms with van der Waals surface area (Å²) < 4.78 is 1.40. The summed E-state index contributed by atoms with van der Waals surface area (Å²) in [5, 5.41) is 0. The molecule has 0 nitrogen and oxygen atoms in total. The lowest BCUT2D eigenvalue weighted by Gasteiger charge is -2.14. The Bertz CT molecular complexity index is 1320. The predicted molar refractivity (Wildman–Crippen MR) is 158 cm³/mol. The van der Waals surface area contributed by atoms with Crippen molar-refractivity contribution in [3.05, 3.63) is 115 Å². The Morgan fingerprint density at radius 1 is 0.543 bits per heavy atom. The van der Waals surface area contributed by atoms with E-state index in [-0.39, 0.29) is 6.71 Å². The molecule has 0 fully saturated rings. The van der Waals surface area contributed by atoms with Gasteiger partial charge in [-0.05, 0) is 46.9 Å². The van der Waals surface area contributed by atoms with E-state index in [1.807, 2.05) is 22.7 Å². The van der Waals surface area contributed by atoms with Crippen LogP contribution in [0.25, 0.3) is 20.2 Å². The predicted octanol–water partition coefficient (Wildman–Crippen LogP) is 7.78. The van der Waals surface area contributed by atoms with Crippen LogP contribution in [0, 0.1) is 0 Å². The maximum absolute atomic E-state index is 2.35. The summed E-state index contributed by atoms with van der Waals surface area (Å²) in [6, 6.07) is 40.2. The molecule has 2 heterocycles. The molecule has 0 atom stereocenters. The van der Waals surface area contributed by atoms with Crippen LogP contribution in [0.4, 0.5) is 0 Å². The molecule has 0 spiro atoms. The Balaban J connectivity index is 1.41.